The minimum Gasteiger partial charge on any atom is -0.495 e. The first kappa shape index (κ1) is 15.5. The number of rotatable bonds is 4. The fourth-order valence-electron chi connectivity index (χ4n) is 1.77. The zero-order valence-electron chi connectivity index (χ0n) is 11.0. The minimum absolute atomic E-state index is 0.0696. The van der Waals surface area contributed by atoms with Gasteiger partial charge in [-0.25, -0.2) is 9.97 Å². The number of halogens is 2. The van der Waals surface area contributed by atoms with Crippen molar-refractivity contribution >= 4 is 33.2 Å². The van der Waals surface area contributed by atoms with Crippen LogP contribution >= 0.6 is 27.5 Å². The molecule has 0 N–H and O–H groups in total. The third kappa shape index (κ3) is 2.91. The van der Waals surface area contributed by atoms with Crippen molar-refractivity contribution in [1.82, 2.24) is 9.97 Å². The first-order valence-corrected chi connectivity index (χ1v) is 6.74. The predicted molar refractivity (Wildman–Crippen MR) is 79.9 cm³/mol. The molecule has 0 radical (unpaired) electrons. The molecule has 0 unspecified atom stereocenters. The van der Waals surface area contributed by atoms with E-state index < -0.39 is 4.92 Å². The van der Waals surface area contributed by atoms with Crippen molar-refractivity contribution in [2.75, 3.05) is 14.2 Å². The molecule has 0 saturated carbocycles. The average Bonchev–Trinajstić information content (AvgIpc) is 2.46. The molecule has 1 aromatic carbocycles. The summed E-state index contributed by atoms with van der Waals surface area (Å²) in [6.45, 7) is 0. The lowest BCUT2D eigenvalue weighted by atomic mass is 10.1. The average molecular weight is 375 g/mol. The molecule has 0 fully saturated rings. The highest BCUT2D eigenvalue weighted by molar-refractivity contribution is 9.10. The van der Waals surface area contributed by atoms with E-state index >= 15 is 0 Å². The molecule has 0 amide bonds. The molecule has 0 aliphatic heterocycles. The van der Waals surface area contributed by atoms with Gasteiger partial charge in [0.25, 0.3) is 0 Å². The van der Waals surface area contributed by atoms with Gasteiger partial charge in [-0.2, -0.15) is 0 Å². The number of methoxy groups -OCH3 is 2. The summed E-state index contributed by atoms with van der Waals surface area (Å²) in [7, 11) is 2.95. The number of nitro groups is 1. The molecular weight excluding hydrogens is 366 g/mol. The summed E-state index contributed by atoms with van der Waals surface area (Å²) in [6, 6.07) is 3.25. The van der Waals surface area contributed by atoms with Gasteiger partial charge >= 0.3 is 5.69 Å². The van der Waals surface area contributed by atoms with E-state index in [-0.39, 0.29) is 16.7 Å². The van der Waals surface area contributed by atoms with E-state index in [0.29, 0.717) is 21.5 Å². The van der Waals surface area contributed by atoms with E-state index in [1.54, 1.807) is 12.1 Å². The molecule has 21 heavy (non-hydrogen) atoms. The van der Waals surface area contributed by atoms with Crippen molar-refractivity contribution in [2.24, 2.45) is 0 Å². The van der Waals surface area contributed by atoms with Crippen LogP contribution in [0.3, 0.4) is 0 Å². The van der Waals surface area contributed by atoms with Crippen molar-refractivity contribution < 1.29 is 14.4 Å². The maximum atomic E-state index is 11.1. The topological polar surface area (TPSA) is 87.4 Å². The number of benzene rings is 1. The quantitative estimate of drug-likeness (QED) is 0.462. The van der Waals surface area contributed by atoms with Crippen LogP contribution in [0.1, 0.15) is 0 Å². The van der Waals surface area contributed by atoms with Crippen LogP contribution in [0.4, 0.5) is 5.69 Å². The van der Waals surface area contributed by atoms with E-state index in [1.807, 2.05) is 0 Å². The molecule has 0 spiro atoms. The van der Waals surface area contributed by atoms with Gasteiger partial charge in [0.1, 0.15) is 22.2 Å². The molecule has 0 bridgehead atoms. The number of nitrogens with zero attached hydrogens (tertiary/aromatic N) is 3. The maximum Gasteiger partial charge on any atom is 0.313 e. The molecule has 1 heterocycles. The first-order chi connectivity index (χ1) is 9.99. The summed E-state index contributed by atoms with van der Waals surface area (Å²) < 4.78 is 11.0. The molecule has 2 aromatic rings. The second kappa shape index (κ2) is 6.23. The predicted octanol–water partition coefficient (Wildman–Crippen LogP) is 3.48. The van der Waals surface area contributed by atoms with E-state index in [4.69, 9.17) is 21.1 Å². The number of ether oxygens (including phenoxy) is 2. The first-order valence-electron chi connectivity index (χ1n) is 5.57. The van der Waals surface area contributed by atoms with Crippen LogP contribution < -0.4 is 9.47 Å². The van der Waals surface area contributed by atoms with Gasteiger partial charge in [0, 0.05) is 0 Å². The zero-order valence-corrected chi connectivity index (χ0v) is 13.3. The monoisotopic (exact) mass is 373 g/mol. The van der Waals surface area contributed by atoms with Gasteiger partial charge in [0.15, 0.2) is 5.69 Å². The fraction of sp³-hybridized carbons (Fsp3) is 0.167. The molecule has 9 heteroatoms. The number of hydrogen-bond acceptors (Lipinski definition) is 6. The van der Waals surface area contributed by atoms with E-state index in [0.717, 1.165) is 6.20 Å². The Hall–Kier alpha value is -1.93. The Labute approximate surface area is 133 Å². The van der Waals surface area contributed by atoms with Crippen molar-refractivity contribution in [1.29, 1.82) is 0 Å². The van der Waals surface area contributed by atoms with Crippen LogP contribution in [0, 0.1) is 10.1 Å². The van der Waals surface area contributed by atoms with Crippen LogP contribution in [-0.2, 0) is 0 Å². The smallest absolute Gasteiger partial charge is 0.313 e. The van der Waals surface area contributed by atoms with Gasteiger partial charge in [-0.1, -0.05) is 0 Å². The molecule has 0 aliphatic rings. The third-order valence-electron chi connectivity index (χ3n) is 2.68. The van der Waals surface area contributed by atoms with Gasteiger partial charge in [0.2, 0.25) is 5.28 Å². The van der Waals surface area contributed by atoms with Gasteiger partial charge in [0.05, 0.1) is 24.7 Å². The summed E-state index contributed by atoms with van der Waals surface area (Å²) in [5.41, 5.74) is 0.205. The molecule has 0 aliphatic carbocycles. The van der Waals surface area contributed by atoms with E-state index in [2.05, 4.69) is 25.9 Å². The molecule has 110 valence electrons. The van der Waals surface area contributed by atoms with Crippen LogP contribution in [0.25, 0.3) is 11.3 Å². The lowest BCUT2D eigenvalue weighted by molar-refractivity contribution is -0.384. The summed E-state index contributed by atoms with van der Waals surface area (Å²) in [5, 5.41) is 11.0. The summed E-state index contributed by atoms with van der Waals surface area (Å²) >= 11 is 9.08. The minimum atomic E-state index is -0.580. The highest BCUT2D eigenvalue weighted by Gasteiger charge is 2.24. The highest BCUT2D eigenvalue weighted by Crippen LogP contribution is 2.43. The van der Waals surface area contributed by atoms with Crippen molar-refractivity contribution in [3.05, 3.63) is 38.2 Å². The van der Waals surface area contributed by atoms with Crippen LogP contribution in [0.2, 0.25) is 5.28 Å². The SMILES string of the molecule is COc1ccc(-c2nc(Cl)ncc2[N+](=O)[O-])c(OC)c1Br. The second-order valence-electron chi connectivity index (χ2n) is 3.79. The summed E-state index contributed by atoms with van der Waals surface area (Å²) in [5.74, 6) is 0.880. The largest absolute Gasteiger partial charge is 0.495 e. The fourth-order valence-corrected chi connectivity index (χ4v) is 2.57. The van der Waals surface area contributed by atoms with Crippen molar-refractivity contribution in [2.45, 2.75) is 0 Å². The molecule has 1 aromatic heterocycles. The van der Waals surface area contributed by atoms with E-state index in [1.165, 1.54) is 14.2 Å². The van der Waals surface area contributed by atoms with Crippen LogP contribution in [0.15, 0.2) is 22.8 Å². The Morgan fingerprint density at radius 3 is 2.62 bits per heavy atom. The Balaban J connectivity index is 2.75. The van der Waals surface area contributed by atoms with Gasteiger partial charge in [-0.05, 0) is 39.7 Å². The number of aromatic nitrogens is 2. The third-order valence-corrected chi connectivity index (χ3v) is 3.61. The summed E-state index contributed by atoms with van der Waals surface area (Å²) in [4.78, 5) is 18.1. The highest BCUT2D eigenvalue weighted by atomic mass is 79.9. The van der Waals surface area contributed by atoms with Crippen LogP contribution in [-0.4, -0.2) is 29.1 Å². The number of hydrogen-bond donors (Lipinski definition) is 0. The van der Waals surface area contributed by atoms with Gasteiger partial charge < -0.3 is 9.47 Å². The molecule has 2 rings (SSSR count). The second-order valence-corrected chi connectivity index (χ2v) is 4.92. The molecular formula is C12H9BrClN3O4. The van der Waals surface area contributed by atoms with Crippen molar-refractivity contribution in [3.8, 4) is 22.8 Å². The Bertz CT molecular complexity index is 711. The molecule has 0 saturated heterocycles. The van der Waals surface area contributed by atoms with Crippen molar-refractivity contribution in [3.63, 3.8) is 0 Å². The molecule has 7 nitrogen and oxygen atoms in total. The molecule has 0 atom stereocenters. The van der Waals surface area contributed by atoms with E-state index in [9.17, 15) is 10.1 Å². The summed E-state index contributed by atoms with van der Waals surface area (Å²) in [6.07, 6.45) is 1.06. The maximum absolute atomic E-state index is 11.1. The van der Waals surface area contributed by atoms with Gasteiger partial charge in [-0.3, -0.25) is 10.1 Å². The lowest BCUT2D eigenvalue weighted by Crippen LogP contribution is -1.99. The Kier molecular flexibility index (Phi) is 4.59. The normalized spacial score (nSPS) is 10.3. The zero-order chi connectivity index (χ0) is 15.6. The standard InChI is InChI=1S/C12H9BrClN3O4/c1-20-8-4-3-6(11(21-2)9(8)13)10-7(17(18)19)5-15-12(14)16-10/h3-5H,1-2H3. The van der Waals surface area contributed by atoms with Crippen LogP contribution in [0.5, 0.6) is 11.5 Å². The Morgan fingerprint density at radius 2 is 2.05 bits per heavy atom. The lowest BCUT2D eigenvalue weighted by Gasteiger charge is -2.13. The Morgan fingerprint density at radius 1 is 1.33 bits per heavy atom. The van der Waals surface area contributed by atoms with Gasteiger partial charge in [-0.15, -0.1) is 0 Å².